The Kier molecular flexibility index (Phi) is 7.00. The molecule has 0 saturated heterocycles. The third-order valence-corrected chi connectivity index (χ3v) is 2.51. The summed E-state index contributed by atoms with van der Waals surface area (Å²) < 4.78 is 4.92. The number of methoxy groups -OCH3 is 1. The second-order valence-corrected chi connectivity index (χ2v) is 3.66. The number of hydrogen-bond donors (Lipinski definition) is 1. The number of nitrogens with zero attached hydrogens (tertiary/aromatic N) is 1. The minimum Gasteiger partial charge on any atom is -0.490 e. The van der Waals surface area contributed by atoms with E-state index in [9.17, 15) is 10.1 Å². The lowest BCUT2D eigenvalue weighted by Crippen LogP contribution is -2.10. The molecular formula is C12H17ClN2O3. The maximum absolute atomic E-state index is 10.8. The van der Waals surface area contributed by atoms with Crippen LogP contribution in [0.1, 0.15) is 24.4 Å². The number of nitro benzene ring substituents is 1. The lowest BCUT2D eigenvalue weighted by molar-refractivity contribution is -0.385. The van der Waals surface area contributed by atoms with Crippen molar-refractivity contribution < 1.29 is 9.66 Å². The van der Waals surface area contributed by atoms with Crippen molar-refractivity contribution in [1.29, 1.82) is 0 Å². The molecule has 0 aliphatic rings. The summed E-state index contributed by atoms with van der Waals surface area (Å²) in [6, 6.07) is 4.56. The van der Waals surface area contributed by atoms with Gasteiger partial charge in [0, 0.05) is 12.1 Å². The molecule has 1 aromatic carbocycles. The quantitative estimate of drug-likeness (QED) is 0.490. The number of nitrogens with two attached hydrogens (primary N) is 1. The first-order valence-electron chi connectivity index (χ1n) is 5.29. The number of allylic oxidation sites excluding steroid dienone is 1. The molecule has 0 heterocycles. The monoisotopic (exact) mass is 272 g/mol. The van der Waals surface area contributed by atoms with Crippen LogP contribution >= 0.6 is 12.4 Å². The van der Waals surface area contributed by atoms with Crippen molar-refractivity contribution in [2.24, 2.45) is 5.73 Å². The van der Waals surface area contributed by atoms with E-state index in [2.05, 4.69) is 6.58 Å². The molecule has 2 N–H and O–H groups in total. The molecule has 0 aliphatic carbocycles. The van der Waals surface area contributed by atoms with E-state index in [0.29, 0.717) is 6.42 Å². The van der Waals surface area contributed by atoms with Crippen molar-refractivity contribution in [3.63, 3.8) is 0 Å². The van der Waals surface area contributed by atoms with Crippen LogP contribution in [-0.2, 0) is 0 Å². The predicted octanol–water partition coefficient (Wildman–Crippen LogP) is 2.99. The molecule has 0 unspecified atom stereocenters. The van der Waals surface area contributed by atoms with Gasteiger partial charge in [0.05, 0.1) is 12.0 Å². The van der Waals surface area contributed by atoms with Crippen LogP contribution in [-0.4, -0.2) is 12.0 Å². The molecule has 0 spiro atoms. The van der Waals surface area contributed by atoms with Gasteiger partial charge in [-0.3, -0.25) is 10.1 Å². The van der Waals surface area contributed by atoms with Gasteiger partial charge >= 0.3 is 5.69 Å². The summed E-state index contributed by atoms with van der Waals surface area (Å²) in [4.78, 5) is 10.4. The zero-order valence-electron chi connectivity index (χ0n) is 10.2. The second kappa shape index (κ2) is 7.68. The van der Waals surface area contributed by atoms with Crippen molar-refractivity contribution in [3.05, 3.63) is 46.5 Å². The largest absolute Gasteiger partial charge is 0.490 e. The Hall–Kier alpha value is -1.59. The summed E-state index contributed by atoms with van der Waals surface area (Å²) in [5.41, 5.74) is 6.61. The Bertz CT molecular complexity index is 424. The fourth-order valence-electron chi connectivity index (χ4n) is 1.54. The highest BCUT2D eigenvalue weighted by atomic mass is 35.5. The third kappa shape index (κ3) is 4.01. The fourth-order valence-corrected chi connectivity index (χ4v) is 1.54. The molecule has 0 saturated carbocycles. The first kappa shape index (κ1) is 16.4. The van der Waals surface area contributed by atoms with Gasteiger partial charge < -0.3 is 10.5 Å². The van der Waals surface area contributed by atoms with E-state index in [1.165, 1.54) is 13.2 Å². The summed E-state index contributed by atoms with van der Waals surface area (Å²) in [7, 11) is 1.40. The number of nitro groups is 1. The third-order valence-electron chi connectivity index (χ3n) is 2.51. The van der Waals surface area contributed by atoms with Gasteiger partial charge in [-0.2, -0.15) is 0 Å². The molecule has 100 valence electrons. The first-order chi connectivity index (χ1) is 8.10. The molecule has 6 heteroatoms. The smallest absolute Gasteiger partial charge is 0.311 e. The number of ether oxygens (including phenoxy) is 1. The van der Waals surface area contributed by atoms with Gasteiger partial charge in [-0.25, -0.2) is 0 Å². The average Bonchev–Trinajstić information content (AvgIpc) is 2.34. The van der Waals surface area contributed by atoms with Crippen molar-refractivity contribution >= 4 is 18.1 Å². The molecule has 1 rings (SSSR count). The first-order valence-corrected chi connectivity index (χ1v) is 5.29. The van der Waals surface area contributed by atoms with E-state index < -0.39 is 4.92 Å². The minimum atomic E-state index is -0.470. The summed E-state index contributed by atoms with van der Waals surface area (Å²) in [5.74, 6) is 0.245. The zero-order valence-corrected chi connectivity index (χ0v) is 11.0. The van der Waals surface area contributed by atoms with Crippen LogP contribution in [0.5, 0.6) is 5.75 Å². The molecule has 18 heavy (non-hydrogen) atoms. The van der Waals surface area contributed by atoms with Crippen LogP contribution in [0, 0.1) is 10.1 Å². The Labute approximate surface area is 112 Å². The molecule has 0 aromatic heterocycles. The highest BCUT2D eigenvalue weighted by molar-refractivity contribution is 5.85. The highest BCUT2D eigenvalue weighted by Crippen LogP contribution is 2.30. The lowest BCUT2D eigenvalue weighted by atomic mass is 10.0. The van der Waals surface area contributed by atoms with Crippen LogP contribution in [0.3, 0.4) is 0 Å². The van der Waals surface area contributed by atoms with E-state index in [-0.39, 0.29) is 29.9 Å². The van der Waals surface area contributed by atoms with E-state index in [1.54, 1.807) is 18.2 Å². The van der Waals surface area contributed by atoms with Crippen LogP contribution < -0.4 is 10.5 Å². The number of halogens is 1. The number of hydrogen-bond acceptors (Lipinski definition) is 4. The van der Waals surface area contributed by atoms with Crippen molar-refractivity contribution in [1.82, 2.24) is 0 Å². The Balaban J connectivity index is 0.00000289. The zero-order chi connectivity index (χ0) is 12.8. The van der Waals surface area contributed by atoms with Gasteiger partial charge in [0.25, 0.3) is 0 Å². The average molecular weight is 273 g/mol. The van der Waals surface area contributed by atoms with E-state index >= 15 is 0 Å². The Morgan fingerprint density at radius 3 is 2.78 bits per heavy atom. The van der Waals surface area contributed by atoms with Gasteiger partial charge in [-0.15, -0.1) is 19.0 Å². The van der Waals surface area contributed by atoms with E-state index in [4.69, 9.17) is 10.5 Å². The van der Waals surface area contributed by atoms with Crippen LogP contribution in [0.4, 0.5) is 5.69 Å². The van der Waals surface area contributed by atoms with Gasteiger partial charge in [0.1, 0.15) is 0 Å². The Morgan fingerprint density at radius 1 is 1.61 bits per heavy atom. The van der Waals surface area contributed by atoms with Crippen LogP contribution in [0.2, 0.25) is 0 Å². The number of benzene rings is 1. The molecule has 0 bridgehead atoms. The summed E-state index contributed by atoms with van der Waals surface area (Å²) >= 11 is 0. The Morgan fingerprint density at radius 2 is 2.28 bits per heavy atom. The molecule has 1 atom stereocenters. The fraction of sp³-hybridized carbons (Fsp3) is 0.333. The number of rotatable bonds is 6. The van der Waals surface area contributed by atoms with Crippen molar-refractivity contribution in [3.8, 4) is 5.75 Å². The normalized spacial score (nSPS) is 11.2. The SMILES string of the molecule is C=CCC[C@@H](N)c1ccc(OC)c([N+](=O)[O-])c1.Cl. The van der Waals surface area contributed by atoms with Gasteiger partial charge in [-0.05, 0) is 24.5 Å². The summed E-state index contributed by atoms with van der Waals surface area (Å²) in [6.45, 7) is 3.62. The van der Waals surface area contributed by atoms with Gasteiger partial charge in [0.2, 0.25) is 0 Å². The summed E-state index contributed by atoms with van der Waals surface area (Å²) in [5, 5.41) is 10.8. The molecular weight excluding hydrogens is 256 g/mol. The second-order valence-electron chi connectivity index (χ2n) is 3.66. The van der Waals surface area contributed by atoms with Gasteiger partial charge in [-0.1, -0.05) is 12.1 Å². The predicted molar refractivity (Wildman–Crippen MR) is 73.3 cm³/mol. The molecule has 0 fully saturated rings. The van der Waals surface area contributed by atoms with Crippen LogP contribution in [0.15, 0.2) is 30.9 Å². The maximum atomic E-state index is 10.8. The standard InChI is InChI=1S/C12H16N2O3.ClH/c1-3-4-5-10(13)9-6-7-12(17-2)11(8-9)14(15)16;/h3,6-8,10H,1,4-5,13H2,2H3;1H/t10-;/m1./s1. The minimum absolute atomic E-state index is 0. The highest BCUT2D eigenvalue weighted by Gasteiger charge is 2.17. The van der Waals surface area contributed by atoms with E-state index in [0.717, 1.165) is 12.0 Å². The van der Waals surface area contributed by atoms with Crippen molar-refractivity contribution in [2.45, 2.75) is 18.9 Å². The molecule has 0 radical (unpaired) electrons. The van der Waals surface area contributed by atoms with Crippen molar-refractivity contribution in [2.75, 3.05) is 7.11 Å². The van der Waals surface area contributed by atoms with Gasteiger partial charge in [0.15, 0.2) is 5.75 Å². The molecule has 0 amide bonds. The summed E-state index contributed by atoms with van der Waals surface area (Å²) in [6.07, 6.45) is 3.27. The molecule has 5 nitrogen and oxygen atoms in total. The topological polar surface area (TPSA) is 78.4 Å². The van der Waals surface area contributed by atoms with Crippen LogP contribution in [0.25, 0.3) is 0 Å². The molecule has 1 aromatic rings. The lowest BCUT2D eigenvalue weighted by Gasteiger charge is -2.11. The van der Waals surface area contributed by atoms with E-state index in [1.807, 2.05) is 0 Å². The molecule has 0 aliphatic heterocycles. The maximum Gasteiger partial charge on any atom is 0.311 e.